The summed E-state index contributed by atoms with van der Waals surface area (Å²) in [5, 5.41) is 8.69. The molecule has 1 aliphatic rings. The Hall–Kier alpha value is -1.08. The van der Waals surface area contributed by atoms with Gasteiger partial charge in [0, 0.05) is 0 Å². The van der Waals surface area contributed by atoms with Crippen molar-refractivity contribution in [3.05, 3.63) is 28.0 Å². The van der Waals surface area contributed by atoms with E-state index in [1.807, 2.05) is 6.07 Å². The van der Waals surface area contributed by atoms with Crippen molar-refractivity contribution < 1.29 is 9.13 Å². The summed E-state index contributed by atoms with van der Waals surface area (Å²) in [6, 6.07) is 4.97. The van der Waals surface area contributed by atoms with Crippen LogP contribution < -0.4 is 4.74 Å². The first-order valence-electron chi connectivity index (χ1n) is 4.77. The molecule has 0 N–H and O–H groups in total. The van der Waals surface area contributed by atoms with Crippen LogP contribution in [0.4, 0.5) is 4.39 Å². The van der Waals surface area contributed by atoms with Crippen molar-refractivity contribution >= 4 is 15.9 Å². The summed E-state index contributed by atoms with van der Waals surface area (Å²) in [6.45, 7) is 0. The van der Waals surface area contributed by atoms with Gasteiger partial charge in [0.05, 0.1) is 16.1 Å². The number of nitriles is 1. The van der Waals surface area contributed by atoms with Crippen LogP contribution in [0, 0.1) is 17.1 Å². The first kappa shape index (κ1) is 10.4. The molecule has 0 radical (unpaired) electrons. The third-order valence-electron chi connectivity index (χ3n) is 2.51. The van der Waals surface area contributed by atoms with Crippen molar-refractivity contribution in [1.82, 2.24) is 0 Å². The van der Waals surface area contributed by atoms with Gasteiger partial charge >= 0.3 is 0 Å². The SMILES string of the molecule is N#Cc1ccc(OC2CCC2)c(F)c1Br. The minimum absolute atomic E-state index is 0.138. The van der Waals surface area contributed by atoms with Crippen LogP contribution in [0.5, 0.6) is 5.75 Å². The smallest absolute Gasteiger partial charge is 0.180 e. The molecule has 0 aliphatic heterocycles. The van der Waals surface area contributed by atoms with Crippen LogP contribution in [0.3, 0.4) is 0 Å². The molecule has 1 aliphatic carbocycles. The topological polar surface area (TPSA) is 33.0 Å². The molecular formula is C11H9BrFNO. The molecule has 1 aromatic rings. The maximum absolute atomic E-state index is 13.6. The Balaban J connectivity index is 2.25. The first-order valence-corrected chi connectivity index (χ1v) is 5.56. The molecule has 15 heavy (non-hydrogen) atoms. The molecule has 0 unspecified atom stereocenters. The largest absolute Gasteiger partial charge is 0.487 e. The predicted octanol–water partition coefficient (Wildman–Crippen LogP) is 3.39. The molecule has 1 saturated carbocycles. The fourth-order valence-corrected chi connectivity index (χ4v) is 1.79. The minimum Gasteiger partial charge on any atom is -0.487 e. The van der Waals surface area contributed by atoms with E-state index in [1.165, 1.54) is 6.07 Å². The zero-order valence-electron chi connectivity index (χ0n) is 7.96. The third-order valence-corrected chi connectivity index (χ3v) is 3.29. The number of benzene rings is 1. The average molecular weight is 270 g/mol. The van der Waals surface area contributed by atoms with Gasteiger partial charge in [0.1, 0.15) is 6.07 Å². The number of rotatable bonds is 2. The van der Waals surface area contributed by atoms with Gasteiger partial charge in [-0.1, -0.05) is 0 Å². The Morgan fingerprint density at radius 3 is 2.73 bits per heavy atom. The van der Waals surface area contributed by atoms with E-state index < -0.39 is 5.82 Å². The van der Waals surface area contributed by atoms with Crippen molar-refractivity contribution in [3.63, 3.8) is 0 Å². The molecular weight excluding hydrogens is 261 g/mol. The van der Waals surface area contributed by atoms with Gasteiger partial charge in [-0.3, -0.25) is 0 Å². The maximum atomic E-state index is 13.6. The highest BCUT2D eigenvalue weighted by Crippen LogP contribution is 2.31. The van der Waals surface area contributed by atoms with Crippen LogP contribution in [0.25, 0.3) is 0 Å². The van der Waals surface area contributed by atoms with Crippen LogP contribution in [0.2, 0.25) is 0 Å². The van der Waals surface area contributed by atoms with Gasteiger partial charge in [-0.15, -0.1) is 0 Å². The molecule has 2 nitrogen and oxygen atoms in total. The lowest BCUT2D eigenvalue weighted by atomic mass is 9.96. The molecule has 2 rings (SSSR count). The summed E-state index contributed by atoms with van der Waals surface area (Å²) in [5.74, 6) is -0.258. The summed E-state index contributed by atoms with van der Waals surface area (Å²) in [4.78, 5) is 0. The van der Waals surface area contributed by atoms with Crippen LogP contribution in [-0.4, -0.2) is 6.10 Å². The number of hydrogen-bond donors (Lipinski definition) is 0. The van der Waals surface area contributed by atoms with Gasteiger partial charge in [0.25, 0.3) is 0 Å². The summed E-state index contributed by atoms with van der Waals surface area (Å²) in [7, 11) is 0. The standard InChI is InChI=1S/C11H9BrFNO/c12-10-7(6-14)4-5-9(11(10)13)15-8-2-1-3-8/h4-5,8H,1-3H2. The third kappa shape index (κ3) is 1.98. The van der Waals surface area contributed by atoms with Gasteiger partial charge in [0.2, 0.25) is 0 Å². The zero-order chi connectivity index (χ0) is 10.8. The van der Waals surface area contributed by atoms with Gasteiger partial charge in [-0.2, -0.15) is 5.26 Å². The lowest BCUT2D eigenvalue weighted by Gasteiger charge is -2.26. The van der Waals surface area contributed by atoms with Gasteiger partial charge in [-0.05, 0) is 47.3 Å². The lowest BCUT2D eigenvalue weighted by molar-refractivity contribution is 0.115. The fourth-order valence-electron chi connectivity index (χ4n) is 1.38. The van der Waals surface area contributed by atoms with Crippen LogP contribution in [-0.2, 0) is 0 Å². The molecule has 1 aromatic carbocycles. The van der Waals surface area contributed by atoms with Crippen LogP contribution in [0.15, 0.2) is 16.6 Å². The minimum atomic E-state index is -0.485. The van der Waals surface area contributed by atoms with Crippen LogP contribution >= 0.6 is 15.9 Å². The number of ether oxygens (including phenoxy) is 1. The summed E-state index contributed by atoms with van der Waals surface area (Å²) in [5.41, 5.74) is 0.286. The van der Waals surface area contributed by atoms with Crippen molar-refractivity contribution in [2.75, 3.05) is 0 Å². The molecule has 78 valence electrons. The van der Waals surface area contributed by atoms with E-state index >= 15 is 0 Å². The number of nitrogens with zero attached hydrogens (tertiary/aromatic N) is 1. The second-order valence-corrected chi connectivity index (χ2v) is 4.31. The van der Waals surface area contributed by atoms with Crippen molar-refractivity contribution in [3.8, 4) is 11.8 Å². The van der Waals surface area contributed by atoms with Crippen LogP contribution in [0.1, 0.15) is 24.8 Å². The van der Waals surface area contributed by atoms with E-state index in [9.17, 15) is 4.39 Å². The second-order valence-electron chi connectivity index (χ2n) is 3.52. The molecule has 0 atom stereocenters. The molecule has 0 spiro atoms. The molecule has 0 amide bonds. The highest BCUT2D eigenvalue weighted by atomic mass is 79.9. The first-order chi connectivity index (χ1) is 7.22. The summed E-state index contributed by atoms with van der Waals surface area (Å²) in [6.07, 6.45) is 3.25. The Morgan fingerprint density at radius 2 is 2.20 bits per heavy atom. The number of hydrogen-bond acceptors (Lipinski definition) is 2. The monoisotopic (exact) mass is 269 g/mol. The molecule has 0 heterocycles. The number of halogens is 2. The molecule has 0 saturated heterocycles. The predicted molar refractivity (Wildman–Crippen MR) is 57.1 cm³/mol. The molecule has 1 fully saturated rings. The van der Waals surface area contributed by atoms with E-state index in [1.54, 1.807) is 6.07 Å². The van der Waals surface area contributed by atoms with Gasteiger partial charge < -0.3 is 4.74 Å². The van der Waals surface area contributed by atoms with Crippen molar-refractivity contribution in [2.24, 2.45) is 0 Å². The Morgan fingerprint density at radius 1 is 1.47 bits per heavy atom. The van der Waals surface area contributed by atoms with Crippen molar-refractivity contribution in [1.29, 1.82) is 5.26 Å². The highest BCUT2D eigenvalue weighted by molar-refractivity contribution is 9.10. The van der Waals surface area contributed by atoms with E-state index in [0.29, 0.717) is 0 Å². The van der Waals surface area contributed by atoms with E-state index in [2.05, 4.69) is 15.9 Å². The average Bonchev–Trinajstić information content (AvgIpc) is 2.18. The Kier molecular flexibility index (Phi) is 2.92. The van der Waals surface area contributed by atoms with E-state index in [0.717, 1.165) is 19.3 Å². The van der Waals surface area contributed by atoms with Gasteiger partial charge in [0.15, 0.2) is 11.6 Å². The maximum Gasteiger partial charge on any atom is 0.180 e. The normalized spacial score (nSPS) is 15.5. The summed E-state index contributed by atoms with van der Waals surface area (Å²) < 4.78 is 19.3. The lowest BCUT2D eigenvalue weighted by Crippen LogP contribution is -2.25. The zero-order valence-corrected chi connectivity index (χ0v) is 9.55. The fraction of sp³-hybridized carbons (Fsp3) is 0.364. The second kappa shape index (κ2) is 4.19. The van der Waals surface area contributed by atoms with E-state index in [-0.39, 0.29) is 21.9 Å². The Labute approximate surface area is 95.8 Å². The molecule has 0 bridgehead atoms. The summed E-state index contributed by atoms with van der Waals surface area (Å²) >= 11 is 3.04. The molecule has 0 aromatic heterocycles. The Bertz CT molecular complexity index is 423. The van der Waals surface area contributed by atoms with Gasteiger partial charge in [-0.25, -0.2) is 4.39 Å². The van der Waals surface area contributed by atoms with Crippen molar-refractivity contribution in [2.45, 2.75) is 25.4 Å². The molecule has 4 heteroatoms. The quantitative estimate of drug-likeness (QED) is 0.825. The highest BCUT2D eigenvalue weighted by Gasteiger charge is 2.21. The van der Waals surface area contributed by atoms with E-state index in [4.69, 9.17) is 10.00 Å².